The second-order valence-electron chi connectivity index (χ2n) is 8.04. The molecule has 6 nitrogen and oxygen atoms in total. The van der Waals surface area contributed by atoms with Crippen LogP contribution in [0.4, 0.5) is 5.69 Å². The normalized spacial score (nSPS) is 21.3. The zero-order valence-corrected chi connectivity index (χ0v) is 19.3. The first-order valence-electron chi connectivity index (χ1n) is 11.0. The maximum atomic E-state index is 6.63. The van der Waals surface area contributed by atoms with Gasteiger partial charge in [0.2, 0.25) is 0 Å². The minimum absolute atomic E-state index is 0.616. The Morgan fingerprint density at radius 2 is 1.90 bits per heavy atom. The van der Waals surface area contributed by atoms with E-state index in [1.165, 1.54) is 17.7 Å². The van der Waals surface area contributed by atoms with E-state index in [0.29, 0.717) is 12.6 Å². The average molecular weight is 421 g/mol. The fourth-order valence-electron chi connectivity index (χ4n) is 4.54. The Kier molecular flexibility index (Phi) is 8.04. The van der Waals surface area contributed by atoms with Crippen LogP contribution in [0.2, 0.25) is 5.02 Å². The molecule has 2 fully saturated rings. The minimum atomic E-state index is 0.616. The highest BCUT2D eigenvalue weighted by Crippen LogP contribution is 2.28. The molecule has 7 heteroatoms. The number of benzene rings is 1. The maximum absolute atomic E-state index is 6.63. The molecule has 1 N–H and O–H groups in total. The summed E-state index contributed by atoms with van der Waals surface area (Å²) in [5, 5.41) is 4.41. The van der Waals surface area contributed by atoms with Gasteiger partial charge in [-0.1, -0.05) is 31.5 Å². The van der Waals surface area contributed by atoms with E-state index in [9.17, 15) is 0 Å². The molecule has 0 bridgehead atoms. The number of piperazine rings is 1. The Morgan fingerprint density at radius 3 is 2.55 bits per heavy atom. The van der Waals surface area contributed by atoms with E-state index >= 15 is 0 Å². The molecule has 0 radical (unpaired) electrons. The van der Waals surface area contributed by atoms with Gasteiger partial charge in [-0.3, -0.25) is 9.89 Å². The molecular weight excluding hydrogens is 384 g/mol. The van der Waals surface area contributed by atoms with Gasteiger partial charge in [-0.15, -0.1) is 0 Å². The van der Waals surface area contributed by atoms with Crippen molar-refractivity contribution < 1.29 is 0 Å². The van der Waals surface area contributed by atoms with Crippen LogP contribution in [0.3, 0.4) is 0 Å². The van der Waals surface area contributed by atoms with Gasteiger partial charge in [-0.25, -0.2) is 0 Å². The van der Waals surface area contributed by atoms with Crippen LogP contribution in [-0.4, -0.2) is 93.2 Å². The van der Waals surface area contributed by atoms with Gasteiger partial charge in [0.15, 0.2) is 5.96 Å². The van der Waals surface area contributed by atoms with Crippen molar-refractivity contribution in [3.05, 3.63) is 28.8 Å². The fourth-order valence-corrected chi connectivity index (χ4v) is 4.77. The third-order valence-corrected chi connectivity index (χ3v) is 6.72. The number of nitrogens with one attached hydrogen (secondary N) is 1. The number of likely N-dealkylation sites (tertiary alicyclic amines) is 1. The number of hydrogen-bond acceptors (Lipinski definition) is 4. The standard InChI is InChI=1S/C22H37ClN6/c1-5-27(6-2)18-10-11-29(17-18)22(24-3)25-16-19-20(23)8-7-9-21(19)28-14-12-26(4)13-15-28/h7-9,18H,5-6,10-17H2,1-4H3,(H,24,25). The van der Waals surface area contributed by atoms with Gasteiger partial charge in [0.25, 0.3) is 0 Å². The quantitative estimate of drug-likeness (QED) is 0.565. The Hall–Kier alpha value is -1.50. The lowest BCUT2D eigenvalue weighted by Crippen LogP contribution is -2.45. The maximum Gasteiger partial charge on any atom is 0.193 e. The smallest absolute Gasteiger partial charge is 0.193 e. The van der Waals surface area contributed by atoms with Gasteiger partial charge in [0.1, 0.15) is 0 Å². The molecule has 0 aromatic heterocycles. The van der Waals surface area contributed by atoms with Gasteiger partial charge in [0, 0.05) is 75.2 Å². The highest BCUT2D eigenvalue weighted by Gasteiger charge is 2.28. The summed E-state index contributed by atoms with van der Waals surface area (Å²) in [6, 6.07) is 6.87. The lowest BCUT2D eigenvalue weighted by atomic mass is 10.1. The summed E-state index contributed by atoms with van der Waals surface area (Å²) in [6.07, 6.45) is 1.20. The molecule has 0 spiro atoms. The van der Waals surface area contributed by atoms with E-state index in [4.69, 9.17) is 11.6 Å². The molecule has 2 saturated heterocycles. The summed E-state index contributed by atoms with van der Waals surface area (Å²) in [5.74, 6) is 0.976. The van der Waals surface area contributed by atoms with Crippen LogP contribution in [0.1, 0.15) is 25.8 Å². The first-order valence-corrected chi connectivity index (χ1v) is 11.4. The number of rotatable bonds is 6. The topological polar surface area (TPSA) is 37.4 Å². The number of guanidine groups is 1. The zero-order valence-electron chi connectivity index (χ0n) is 18.5. The molecule has 29 heavy (non-hydrogen) atoms. The van der Waals surface area contributed by atoms with Crippen molar-refractivity contribution in [1.29, 1.82) is 0 Å². The van der Waals surface area contributed by atoms with Gasteiger partial charge in [0.05, 0.1) is 0 Å². The van der Waals surface area contributed by atoms with Gasteiger partial charge in [-0.2, -0.15) is 0 Å². The third-order valence-electron chi connectivity index (χ3n) is 6.36. The van der Waals surface area contributed by atoms with E-state index in [-0.39, 0.29) is 0 Å². The van der Waals surface area contributed by atoms with Crippen molar-refractivity contribution >= 4 is 23.2 Å². The number of hydrogen-bond donors (Lipinski definition) is 1. The zero-order chi connectivity index (χ0) is 20.8. The first kappa shape index (κ1) is 22.2. The van der Waals surface area contributed by atoms with Crippen LogP contribution < -0.4 is 10.2 Å². The van der Waals surface area contributed by atoms with Crippen molar-refractivity contribution in [3.63, 3.8) is 0 Å². The summed E-state index contributed by atoms with van der Waals surface area (Å²) in [6.45, 7) is 13.7. The molecule has 3 rings (SSSR count). The Labute approximate surface area is 181 Å². The monoisotopic (exact) mass is 420 g/mol. The molecule has 1 atom stereocenters. The van der Waals surface area contributed by atoms with E-state index in [1.807, 2.05) is 13.1 Å². The van der Waals surface area contributed by atoms with E-state index in [1.54, 1.807) is 0 Å². The molecule has 0 amide bonds. The summed E-state index contributed by atoms with van der Waals surface area (Å²) in [4.78, 5) is 14.3. The van der Waals surface area contributed by atoms with Crippen molar-refractivity contribution in [3.8, 4) is 0 Å². The molecule has 0 aliphatic carbocycles. The second kappa shape index (κ2) is 10.5. The van der Waals surface area contributed by atoms with Gasteiger partial charge >= 0.3 is 0 Å². The molecule has 1 aromatic rings. The van der Waals surface area contributed by atoms with Crippen molar-refractivity contribution in [2.45, 2.75) is 32.9 Å². The van der Waals surface area contributed by atoms with Crippen LogP contribution in [0, 0.1) is 0 Å². The minimum Gasteiger partial charge on any atom is -0.369 e. The first-order chi connectivity index (χ1) is 14.1. The molecule has 1 aromatic carbocycles. The predicted octanol–water partition coefficient (Wildman–Crippen LogP) is 2.58. The van der Waals surface area contributed by atoms with Crippen LogP contribution in [-0.2, 0) is 6.54 Å². The van der Waals surface area contributed by atoms with Crippen molar-refractivity contribution in [2.24, 2.45) is 4.99 Å². The van der Waals surface area contributed by atoms with Gasteiger partial charge < -0.3 is 20.0 Å². The summed E-state index contributed by atoms with van der Waals surface area (Å²) in [7, 11) is 4.06. The largest absolute Gasteiger partial charge is 0.369 e. The van der Waals surface area contributed by atoms with E-state index in [2.05, 4.69) is 62.9 Å². The van der Waals surface area contributed by atoms with Crippen LogP contribution in [0.5, 0.6) is 0 Å². The number of nitrogens with zero attached hydrogens (tertiary/aromatic N) is 5. The molecule has 162 valence electrons. The van der Waals surface area contributed by atoms with Crippen LogP contribution in [0.25, 0.3) is 0 Å². The lowest BCUT2D eigenvalue weighted by Gasteiger charge is -2.35. The number of aliphatic imine (C=N–C) groups is 1. The van der Waals surface area contributed by atoms with E-state index in [0.717, 1.165) is 63.3 Å². The molecule has 2 aliphatic rings. The Balaban J connectivity index is 1.66. The predicted molar refractivity (Wildman–Crippen MR) is 124 cm³/mol. The van der Waals surface area contributed by atoms with E-state index < -0.39 is 0 Å². The summed E-state index contributed by atoms with van der Waals surface area (Å²) in [5.41, 5.74) is 2.41. The fraction of sp³-hybridized carbons (Fsp3) is 0.682. The summed E-state index contributed by atoms with van der Waals surface area (Å²) >= 11 is 6.63. The number of anilines is 1. The highest BCUT2D eigenvalue weighted by molar-refractivity contribution is 6.31. The molecule has 0 saturated carbocycles. The Bertz CT molecular complexity index is 682. The molecular formula is C22H37ClN6. The van der Waals surface area contributed by atoms with Gasteiger partial charge in [-0.05, 0) is 38.7 Å². The third kappa shape index (κ3) is 5.36. The SMILES string of the molecule is CCN(CC)C1CCN(C(=NC)NCc2c(Cl)cccc2N2CCN(C)CC2)C1. The Morgan fingerprint density at radius 1 is 1.17 bits per heavy atom. The van der Waals surface area contributed by atoms with Crippen LogP contribution >= 0.6 is 11.6 Å². The highest BCUT2D eigenvalue weighted by atomic mass is 35.5. The van der Waals surface area contributed by atoms with Crippen LogP contribution in [0.15, 0.2) is 23.2 Å². The lowest BCUT2D eigenvalue weighted by molar-refractivity contribution is 0.223. The molecule has 1 unspecified atom stereocenters. The second-order valence-corrected chi connectivity index (χ2v) is 8.45. The molecule has 2 heterocycles. The average Bonchev–Trinajstić information content (AvgIpc) is 3.21. The summed E-state index contributed by atoms with van der Waals surface area (Å²) < 4.78 is 0. The number of likely N-dealkylation sites (N-methyl/N-ethyl adjacent to an activating group) is 2. The number of halogens is 1. The van der Waals surface area contributed by atoms with Crippen molar-refractivity contribution in [1.82, 2.24) is 20.0 Å². The molecule has 2 aliphatic heterocycles. The van der Waals surface area contributed by atoms with Crippen molar-refractivity contribution in [2.75, 3.05) is 71.4 Å².